The summed E-state index contributed by atoms with van der Waals surface area (Å²) in [6.07, 6.45) is 0.937. The van der Waals surface area contributed by atoms with Gasteiger partial charge in [0, 0.05) is 18.5 Å². The zero-order valence-corrected chi connectivity index (χ0v) is 11.3. The summed E-state index contributed by atoms with van der Waals surface area (Å²) < 4.78 is 0. The second-order valence-electron chi connectivity index (χ2n) is 3.76. The molecular weight excluding hydrogens is 230 g/mol. The van der Waals surface area contributed by atoms with Crippen LogP contribution in [0.2, 0.25) is 0 Å². The normalized spacial score (nSPS) is 10.0. The maximum absolute atomic E-state index is 9.29. The first kappa shape index (κ1) is 13.9. The van der Waals surface area contributed by atoms with Crippen molar-refractivity contribution in [2.24, 2.45) is 5.73 Å². The molecule has 0 aliphatic rings. The van der Waals surface area contributed by atoms with Gasteiger partial charge in [0.05, 0.1) is 11.3 Å². The molecule has 17 heavy (non-hydrogen) atoms. The van der Waals surface area contributed by atoms with Gasteiger partial charge in [0.15, 0.2) is 0 Å². The fourth-order valence-corrected chi connectivity index (χ4v) is 2.46. The highest BCUT2D eigenvalue weighted by Gasteiger charge is 2.11. The number of nitriles is 1. The quantitative estimate of drug-likeness (QED) is 0.787. The lowest BCUT2D eigenvalue weighted by Gasteiger charge is -2.21. The Kier molecular flexibility index (Phi) is 5.88. The maximum Gasteiger partial charge on any atom is 0.103 e. The van der Waals surface area contributed by atoms with Crippen LogP contribution < -0.4 is 10.6 Å². The van der Waals surface area contributed by atoms with Crippen LogP contribution in [-0.4, -0.2) is 25.9 Å². The Labute approximate surface area is 108 Å². The van der Waals surface area contributed by atoms with Crippen molar-refractivity contribution >= 4 is 17.4 Å². The molecule has 92 valence electrons. The Bertz CT molecular complexity index is 398. The molecular formula is C13H19N3S. The molecule has 1 aromatic rings. The summed E-state index contributed by atoms with van der Waals surface area (Å²) in [7, 11) is 2.01. The number of thioether (sulfide) groups is 1. The van der Waals surface area contributed by atoms with Gasteiger partial charge in [-0.25, -0.2) is 0 Å². The third-order valence-electron chi connectivity index (χ3n) is 2.52. The second kappa shape index (κ2) is 7.21. The zero-order chi connectivity index (χ0) is 12.7. The van der Waals surface area contributed by atoms with Crippen molar-refractivity contribution in [1.29, 1.82) is 5.26 Å². The highest BCUT2D eigenvalue weighted by Crippen LogP contribution is 2.29. The van der Waals surface area contributed by atoms with Gasteiger partial charge in [0.2, 0.25) is 0 Å². The Morgan fingerprint density at radius 2 is 2.24 bits per heavy atom. The first-order chi connectivity index (χ1) is 8.24. The third-order valence-corrected chi connectivity index (χ3v) is 3.46. The molecule has 0 atom stereocenters. The molecule has 0 spiro atoms. The first-order valence-electron chi connectivity index (χ1n) is 5.81. The monoisotopic (exact) mass is 249 g/mol. The van der Waals surface area contributed by atoms with E-state index >= 15 is 0 Å². The van der Waals surface area contributed by atoms with Crippen molar-refractivity contribution in [3.63, 3.8) is 0 Å². The largest absolute Gasteiger partial charge is 0.373 e. The van der Waals surface area contributed by atoms with E-state index in [1.54, 1.807) is 11.8 Å². The number of hydrogen-bond acceptors (Lipinski definition) is 4. The van der Waals surface area contributed by atoms with Gasteiger partial charge in [0.1, 0.15) is 6.07 Å². The summed E-state index contributed by atoms with van der Waals surface area (Å²) in [6.45, 7) is 3.65. The summed E-state index contributed by atoms with van der Waals surface area (Å²) in [5, 5.41) is 9.29. The van der Waals surface area contributed by atoms with Gasteiger partial charge in [-0.15, -0.1) is 11.8 Å². The maximum atomic E-state index is 9.29. The van der Waals surface area contributed by atoms with E-state index in [1.165, 1.54) is 0 Å². The molecule has 0 radical (unpaired) electrons. The van der Waals surface area contributed by atoms with Gasteiger partial charge >= 0.3 is 0 Å². The van der Waals surface area contributed by atoms with Crippen molar-refractivity contribution in [3.05, 3.63) is 23.8 Å². The number of hydrogen-bond donors (Lipinski definition) is 1. The van der Waals surface area contributed by atoms with Crippen molar-refractivity contribution in [2.75, 3.05) is 30.8 Å². The van der Waals surface area contributed by atoms with Crippen molar-refractivity contribution in [1.82, 2.24) is 0 Å². The molecule has 2 N–H and O–H groups in total. The predicted octanol–water partition coefficient (Wildman–Crippen LogP) is 2.46. The van der Waals surface area contributed by atoms with Crippen LogP contribution in [0.3, 0.4) is 0 Å². The predicted molar refractivity (Wildman–Crippen MR) is 74.5 cm³/mol. The van der Waals surface area contributed by atoms with E-state index in [4.69, 9.17) is 5.73 Å². The molecule has 0 heterocycles. The van der Waals surface area contributed by atoms with Crippen LogP contribution in [0.4, 0.5) is 5.69 Å². The lowest BCUT2D eigenvalue weighted by molar-refractivity contribution is 0.794. The molecule has 1 aromatic carbocycles. The van der Waals surface area contributed by atoms with Crippen molar-refractivity contribution in [2.45, 2.75) is 18.2 Å². The average molecular weight is 249 g/mol. The third kappa shape index (κ3) is 3.65. The number of benzene rings is 1. The SMILES string of the molecule is CCSc1cccc(N(C)CCCN)c1C#N. The van der Waals surface area contributed by atoms with Gasteiger partial charge < -0.3 is 10.6 Å². The molecule has 0 fully saturated rings. The first-order valence-corrected chi connectivity index (χ1v) is 6.80. The van der Waals surface area contributed by atoms with Crippen LogP contribution >= 0.6 is 11.8 Å². The Hall–Kier alpha value is -1.18. The van der Waals surface area contributed by atoms with Gasteiger partial charge in [-0.05, 0) is 30.9 Å². The molecule has 0 unspecified atom stereocenters. The van der Waals surface area contributed by atoms with E-state index in [9.17, 15) is 5.26 Å². The molecule has 0 saturated carbocycles. The molecule has 0 bridgehead atoms. The minimum absolute atomic E-state index is 0.676. The van der Waals surface area contributed by atoms with Crippen LogP contribution in [0, 0.1) is 11.3 Å². The highest BCUT2D eigenvalue weighted by molar-refractivity contribution is 7.99. The van der Waals surface area contributed by atoms with Crippen molar-refractivity contribution < 1.29 is 0 Å². The second-order valence-corrected chi connectivity index (χ2v) is 5.06. The van der Waals surface area contributed by atoms with Gasteiger partial charge in [0.25, 0.3) is 0 Å². The molecule has 3 nitrogen and oxygen atoms in total. The minimum atomic E-state index is 0.676. The number of anilines is 1. The summed E-state index contributed by atoms with van der Waals surface area (Å²) in [6, 6.07) is 8.32. The van der Waals surface area contributed by atoms with Gasteiger partial charge in [-0.1, -0.05) is 13.0 Å². The molecule has 4 heteroatoms. The fraction of sp³-hybridized carbons (Fsp3) is 0.462. The average Bonchev–Trinajstić information content (AvgIpc) is 2.36. The molecule has 0 aromatic heterocycles. The molecule has 0 saturated heterocycles. The fourth-order valence-electron chi connectivity index (χ4n) is 1.67. The van der Waals surface area contributed by atoms with E-state index < -0.39 is 0 Å². The van der Waals surface area contributed by atoms with Gasteiger partial charge in [-0.3, -0.25) is 0 Å². The Morgan fingerprint density at radius 1 is 1.47 bits per heavy atom. The van der Waals surface area contributed by atoms with E-state index in [-0.39, 0.29) is 0 Å². The summed E-state index contributed by atoms with van der Waals surface area (Å²) in [4.78, 5) is 3.16. The van der Waals surface area contributed by atoms with Gasteiger partial charge in [-0.2, -0.15) is 5.26 Å². The number of nitrogens with two attached hydrogens (primary N) is 1. The zero-order valence-electron chi connectivity index (χ0n) is 10.4. The minimum Gasteiger partial charge on any atom is -0.373 e. The lowest BCUT2D eigenvalue weighted by Crippen LogP contribution is -2.22. The van der Waals surface area contributed by atoms with E-state index in [0.717, 1.165) is 34.9 Å². The Morgan fingerprint density at radius 3 is 2.82 bits per heavy atom. The summed E-state index contributed by atoms with van der Waals surface area (Å²) in [5.41, 5.74) is 7.28. The molecule has 0 aliphatic heterocycles. The molecule has 0 amide bonds. The van der Waals surface area contributed by atoms with E-state index in [2.05, 4.69) is 17.9 Å². The Balaban J connectivity index is 2.98. The highest BCUT2D eigenvalue weighted by atomic mass is 32.2. The summed E-state index contributed by atoms with van der Waals surface area (Å²) in [5.74, 6) is 0.977. The van der Waals surface area contributed by atoms with Crippen LogP contribution in [0.25, 0.3) is 0 Å². The van der Waals surface area contributed by atoms with Crippen LogP contribution in [0.5, 0.6) is 0 Å². The standard InChI is InChI=1S/C13H19N3S/c1-3-17-13-7-4-6-12(11(13)10-15)16(2)9-5-8-14/h4,6-7H,3,5,8-9,14H2,1-2H3. The molecule has 1 rings (SSSR count). The van der Waals surface area contributed by atoms with Crippen molar-refractivity contribution in [3.8, 4) is 6.07 Å². The van der Waals surface area contributed by atoms with Crippen LogP contribution in [-0.2, 0) is 0 Å². The smallest absolute Gasteiger partial charge is 0.103 e. The van der Waals surface area contributed by atoms with Crippen LogP contribution in [0.15, 0.2) is 23.1 Å². The number of nitrogens with zero attached hydrogens (tertiary/aromatic N) is 2. The summed E-state index contributed by atoms with van der Waals surface area (Å²) >= 11 is 1.71. The topological polar surface area (TPSA) is 53.0 Å². The van der Waals surface area contributed by atoms with E-state index in [0.29, 0.717) is 6.54 Å². The lowest BCUT2D eigenvalue weighted by atomic mass is 10.1. The van der Waals surface area contributed by atoms with E-state index in [1.807, 2.05) is 25.2 Å². The molecule has 0 aliphatic carbocycles. The number of rotatable bonds is 6. The van der Waals surface area contributed by atoms with Crippen LogP contribution in [0.1, 0.15) is 18.9 Å².